The van der Waals surface area contributed by atoms with E-state index >= 15 is 0 Å². The van der Waals surface area contributed by atoms with Crippen LogP contribution >= 0.6 is 0 Å². The summed E-state index contributed by atoms with van der Waals surface area (Å²) in [6.45, 7) is 1.29. The second kappa shape index (κ2) is 5.58. The number of alkyl carbamates (subject to hydrolysis) is 1. The molecule has 2 bridgehead atoms. The first-order valence-corrected chi connectivity index (χ1v) is 9.34. The highest BCUT2D eigenvalue weighted by Crippen LogP contribution is 2.72. The number of carbonyl (C=O) groups is 1. The molecule has 26 heavy (non-hydrogen) atoms. The van der Waals surface area contributed by atoms with Crippen LogP contribution in [0.3, 0.4) is 0 Å². The van der Waals surface area contributed by atoms with Gasteiger partial charge in [-0.05, 0) is 52.3 Å². The molecule has 1 amide bonds. The first-order valence-electron chi connectivity index (χ1n) is 9.34. The number of aliphatic hydroxyl groups is 1. The van der Waals surface area contributed by atoms with Crippen molar-refractivity contribution < 1.29 is 14.6 Å². The van der Waals surface area contributed by atoms with Crippen LogP contribution in [0, 0.1) is 10.8 Å². The van der Waals surface area contributed by atoms with E-state index in [1.807, 2.05) is 12.1 Å². The van der Waals surface area contributed by atoms with Gasteiger partial charge in [0.15, 0.2) is 0 Å². The van der Waals surface area contributed by atoms with Crippen molar-refractivity contribution in [3.8, 4) is 11.1 Å². The third kappa shape index (κ3) is 2.28. The summed E-state index contributed by atoms with van der Waals surface area (Å²) in [7, 11) is 0. The minimum atomic E-state index is -0.338. The lowest BCUT2D eigenvalue weighted by atomic mass is 9.35. The van der Waals surface area contributed by atoms with Gasteiger partial charge in [0, 0.05) is 19.1 Å². The molecule has 2 aromatic carbocycles. The molecule has 0 unspecified atom stereocenters. The molecule has 4 heteroatoms. The first-order chi connectivity index (χ1) is 12.6. The van der Waals surface area contributed by atoms with Crippen LogP contribution in [0.5, 0.6) is 0 Å². The molecular weight excluding hydrogens is 326 g/mol. The Balaban J connectivity index is 1.21. The zero-order valence-corrected chi connectivity index (χ0v) is 14.7. The molecule has 0 atom stereocenters. The number of aliphatic hydroxyl groups excluding tert-OH is 1. The van der Waals surface area contributed by atoms with Gasteiger partial charge in [0.05, 0.1) is 0 Å². The largest absolute Gasteiger partial charge is 0.449 e. The van der Waals surface area contributed by atoms with Crippen molar-refractivity contribution >= 4 is 6.09 Å². The second-order valence-electron chi connectivity index (χ2n) is 8.37. The summed E-state index contributed by atoms with van der Waals surface area (Å²) in [5, 5.41) is 12.3. The van der Waals surface area contributed by atoms with Crippen LogP contribution in [-0.4, -0.2) is 31.0 Å². The normalized spacial score (nSPS) is 27.7. The van der Waals surface area contributed by atoms with Crippen LogP contribution in [0.15, 0.2) is 48.5 Å². The smallest absolute Gasteiger partial charge is 0.407 e. The molecule has 2 aromatic rings. The second-order valence-corrected chi connectivity index (χ2v) is 8.37. The third-order valence-electron chi connectivity index (χ3n) is 6.54. The number of amides is 1. The van der Waals surface area contributed by atoms with Crippen molar-refractivity contribution in [3.05, 3.63) is 59.7 Å². The number of nitrogens with one attached hydrogen (secondary N) is 1. The standard InChI is InChI=1S/C22H23NO3/c24-14-22-10-21(11-22,12-22)13-23-20(25)26-9-19-17-7-3-1-5-15(17)16-6-2-4-8-18(16)19/h1-8,19,24H,9-14H2,(H,23,25). The van der Waals surface area contributed by atoms with Gasteiger partial charge in [-0.25, -0.2) is 4.79 Å². The number of hydrogen-bond donors (Lipinski definition) is 2. The van der Waals surface area contributed by atoms with E-state index in [-0.39, 0.29) is 29.4 Å². The Labute approximate surface area is 153 Å². The molecule has 3 fully saturated rings. The Hall–Kier alpha value is -2.33. The number of benzene rings is 2. The maximum absolute atomic E-state index is 12.2. The molecular formula is C22H23NO3. The van der Waals surface area contributed by atoms with Crippen LogP contribution in [0.25, 0.3) is 11.1 Å². The van der Waals surface area contributed by atoms with Gasteiger partial charge in [-0.1, -0.05) is 48.5 Å². The van der Waals surface area contributed by atoms with E-state index in [1.54, 1.807) is 0 Å². The number of fused-ring (bicyclic) bond motifs is 3. The lowest BCUT2D eigenvalue weighted by molar-refractivity contribution is -0.218. The van der Waals surface area contributed by atoms with Crippen LogP contribution in [0.2, 0.25) is 0 Å². The van der Waals surface area contributed by atoms with Gasteiger partial charge < -0.3 is 15.2 Å². The maximum Gasteiger partial charge on any atom is 0.407 e. The predicted octanol–water partition coefficient (Wildman–Crippen LogP) is 3.69. The van der Waals surface area contributed by atoms with E-state index < -0.39 is 0 Å². The molecule has 134 valence electrons. The van der Waals surface area contributed by atoms with E-state index in [9.17, 15) is 9.90 Å². The zero-order valence-electron chi connectivity index (χ0n) is 14.7. The number of hydrogen-bond acceptors (Lipinski definition) is 3. The Bertz CT molecular complexity index is 810. The van der Waals surface area contributed by atoms with Gasteiger partial charge in [0.25, 0.3) is 0 Å². The highest BCUT2D eigenvalue weighted by molar-refractivity contribution is 5.79. The molecule has 3 saturated carbocycles. The van der Waals surface area contributed by atoms with Gasteiger partial charge in [0.1, 0.15) is 6.61 Å². The van der Waals surface area contributed by atoms with Crippen molar-refractivity contribution in [1.29, 1.82) is 0 Å². The fourth-order valence-corrected chi connectivity index (χ4v) is 5.50. The fraction of sp³-hybridized carbons (Fsp3) is 0.409. The van der Waals surface area contributed by atoms with Gasteiger partial charge in [-0.15, -0.1) is 0 Å². The van der Waals surface area contributed by atoms with E-state index in [1.165, 1.54) is 22.3 Å². The van der Waals surface area contributed by atoms with Crippen molar-refractivity contribution in [2.45, 2.75) is 25.2 Å². The topological polar surface area (TPSA) is 58.6 Å². The number of rotatable bonds is 5. The quantitative estimate of drug-likeness (QED) is 0.865. The summed E-state index contributed by atoms with van der Waals surface area (Å²) in [6, 6.07) is 16.7. The third-order valence-corrected chi connectivity index (χ3v) is 6.54. The van der Waals surface area contributed by atoms with Crippen molar-refractivity contribution in [2.75, 3.05) is 19.8 Å². The summed E-state index contributed by atoms with van der Waals surface area (Å²) < 4.78 is 5.57. The molecule has 0 heterocycles. The van der Waals surface area contributed by atoms with Gasteiger partial charge in [0.2, 0.25) is 0 Å². The van der Waals surface area contributed by atoms with Crippen molar-refractivity contribution in [3.63, 3.8) is 0 Å². The molecule has 0 radical (unpaired) electrons. The minimum absolute atomic E-state index is 0.0979. The minimum Gasteiger partial charge on any atom is -0.449 e. The Morgan fingerprint density at radius 1 is 1.00 bits per heavy atom. The van der Waals surface area contributed by atoms with Crippen LogP contribution in [0.1, 0.15) is 36.3 Å². The van der Waals surface area contributed by atoms with Crippen LogP contribution in [0.4, 0.5) is 4.79 Å². The molecule has 0 spiro atoms. The Morgan fingerprint density at radius 3 is 2.15 bits per heavy atom. The van der Waals surface area contributed by atoms with E-state index in [2.05, 4.69) is 41.7 Å². The number of ether oxygens (including phenoxy) is 1. The zero-order chi connectivity index (χ0) is 17.8. The molecule has 4 aliphatic carbocycles. The average molecular weight is 349 g/mol. The molecule has 2 N–H and O–H groups in total. The first kappa shape index (κ1) is 15.9. The molecule has 0 aromatic heterocycles. The summed E-state index contributed by atoms with van der Waals surface area (Å²) >= 11 is 0. The van der Waals surface area contributed by atoms with Crippen LogP contribution < -0.4 is 5.32 Å². The predicted molar refractivity (Wildman–Crippen MR) is 98.9 cm³/mol. The SMILES string of the molecule is O=C(NCC12CC(CO)(C1)C2)OCC1c2ccccc2-c2ccccc21. The van der Waals surface area contributed by atoms with Gasteiger partial charge >= 0.3 is 6.09 Å². The maximum atomic E-state index is 12.2. The Kier molecular flexibility index (Phi) is 3.41. The summed E-state index contributed by atoms with van der Waals surface area (Å²) in [5.41, 5.74) is 5.31. The molecule has 0 saturated heterocycles. The summed E-state index contributed by atoms with van der Waals surface area (Å²) in [5.74, 6) is 0.0979. The van der Waals surface area contributed by atoms with E-state index in [0.717, 1.165) is 19.3 Å². The van der Waals surface area contributed by atoms with Gasteiger partial charge in [-0.3, -0.25) is 0 Å². The average Bonchev–Trinajstić information content (AvgIpc) is 2.92. The lowest BCUT2D eigenvalue weighted by Crippen LogP contribution is -2.67. The van der Waals surface area contributed by atoms with Crippen LogP contribution in [-0.2, 0) is 4.74 Å². The molecule has 0 aliphatic heterocycles. The number of carbonyl (C=O) groups excluding carboxylic acids is 1. The summed E-state index contributed by atoms with van der Waals surface area (Å²) in [6.07, 6.45) is 2.75. The van der Waals surface area contributed by atoms with Gasteiger partial charge in [-0.2, -0.15) is 0 Å². The molecule has 6 rings (SSSR count). The molecule has 4 aliphatic rings. The van der Waals surface area contributed by atoms with E-state index in [0.29, 0.717) is 13.2 Å². The lowest BCUT2D eigenvalue weighted by Gasteiger charge is -2.70. The Morgan fingerprint density at radius 2 is 1.58 bits per heavy atom. The summed E-state index contributed by atoms with van der Waals surface area (Å²) in [4.78, 5) is 12.2. The monoisotopic (exact) mass is 349 g/mol. The fourth-order valence-electron chi connectivity index (χ4n) is 5.50. The highest BCUT2D eigenvalue weighted by atomic mass is 16.5. The van der Waals surface area contributed by atoms with E-state index in [4.69, 9.17) is 4.74 Å². The molecule has 4 nitrogen and oxygen atoms in total. The van der Waals surface area contributed by atoms with Crippen molar-refractivity contribution in [1.82, 2.24) is 5.32 Å². The highest BCUT2D eigenvalue weighted by Gasteiger charge is 2.66. The van der Waals surface area contributed by atoms with Crippen molar-refractivity contribution in [2.24, 2.45) is 10.8 Å².